The van der Waals surface area contributed by atoms with Gasteiger partial charge < -0.3 is 0 Å². The SMILES string of the molecule is CC1(C)c2ccccc2-c2cc(-c3ccc(-c4cc(-c5ccc(-c6ccccc6)cc5)nc(-c5ccccc5)n4)c4ccccc34)ccc21. The van der Waals surface area contributed by atoms with Crippen molar-refractivity contribution in [3.8, 4) is 67.3 Å². The van der Waals surface area contributed by atoms with Crippen LogP contribution in [0.25, 0.3) is 78.1 Å². The number of fused-ring (bicyclic) bond motifs is 4. The molecule has 0 bridgehead atoms. The Kier molecular flexibility index (Phi) is 6.84. The van der Waals surface area contributed by atoms with Crippen molar-refractivity contribution in [3.05, 3.63) is 181 Å². The maximum atomic E-state index is 5.19. The van der Waals surface area contributed by atoms with E-state index in [2.05, 4.69) is 159 Å². The van der Waals surface area contributed by atoms with Crippen LogP contribution in [0, 0.1) is 0 Å². The number of rotatable bonds is 5. The molecule has 1 aliphatic carbocycles. The average molecular weight is 627 g/mol. The second-order valence-electron chi connectivity index (χ2n) is 13.4. The van der Waals surface area contributed by atoms with Crippen molar-refractivity contribution < 1.29 is 0 Å². The highest BCUT2D eigenvalue weighted by molar-refractivity contribution is 6.05. The molecule has 0 fully saturated rings. The Labute approximate surface area is 287 Å². The summed E-state index contributed by atoms with van der Waals surface area (Å²) in [6.07, 6.45) is 0. The average Bonchev–Trinajstić information content (AvgIpc) is 3.40. The summed E-state index contributed by atoms with van der Waals surface area (Å²) in [5.41, 5.74) is 15.2. The number of hydrogen-bond acceptors (Lipinski definition) is 2. The Hall–Kier alpha value is -6.12. The predicted molar refractivity (Wildman–Crippen MR) is 204 cm³/mol. The van der Waals surface area contributed by atoms with E-state index in [-0.39, 0.29) is 5.41 Å². The highest BCUT2D eigenvalue weighted by Gasteiger charge is 2.35. The van der Waals surface area contributed by atoms with Crippen LogP contribution in [0.3, 0.4) is 0 Å². The van der Waals surface area contributed by atoms with Gasteiger partial charge in [-0.25, -0.2) is 9.97 Å². The second kappa shape index (κ2) is 11.5. The van der Waals surface area contributed by atoms with Crippen molar-refractivity contribution in [3.63, 3.8) is 0 Å². The third-order valence-electron chi connectivity index (χ3n) is 10.1. The monoisotopic (exact) mass is 626 g/mol. The topological polar surface area (TPSA) is 25.8 Å². The lowest BCUT2D eigenvalue weighted by atomic mass is 9.82. The lowest BCUT2D eigenvalue weighted by molar-refractivity contribution is 0.660. The van der Waals surface area contributed by atoms with Gasteiger partial charge in [-0.2, -0.15) is 0 Å². The lowest BCUT2D eigenvalue weighted by Crippen LogP contribution is -2.14. The van der Waals surface area contributed by atoms with Gasteiger partial charge >= 0.3 is 0 Å². The van der Waals surface area contributed by atoms with E-state index in [1.165, 1.54) is 55.3 Å². The van der Waals surface area contributed by atoms with Gasteiger partial charge in [-0.05, 0) is 67.4 Å². The molecule has 0 amide bonds. The fraction of sp³-hybridized carbons (Fsp3) is 0.0638. The van der Waals surface area contributed by atoms with Crippen LogP contribution in [-0.4, -0.2) is 9.97 Å². The lowest BCUT2D eigenvalue weighted by Gasteiger charge is -2.21. The summed E-state index contributed by atoms with van der Waals surface area (Å²) in [6, 6.07) is 60.7. The minimum absolute atomic E-state index is 0.0145. The van der Waals surface area contributed by atoms with Crippen molar-refractivity contribution in [1.82, 2.24) is 9.97 Å². The maximum absolute atomic E-state index is 5.19. The van der Waals surface area contributed by atoms with Crippen LogP contribution in [-0.2, 0) is 5.41 Å². The Balaban J connectivity index is 1.18. The quantitative estimate of drug-likeness (QED) is 0.190. The van der Waals surface area contributed by atoms with Gasteiger partial charge in [-0.1, -0.05) is 172 Å². The summed E-state index contributed by atoms with van der Waals surface area (Å²) >= 11 is 0. The van der Waals surface area contributed by atoms with Crippen LogP contribution >= 0.6 is 0 Å². The zero-order valence-electron chi connectivity index (χ0n) is 27.6. The van der Waals surface area contributed by atoms with Gasteiger partial charge in [-0.3, -0.25) is 0 Å². The van der Waals surface area contributed by atoms with E-state index in [9.17, 15) is 0 Å². The fourth-order valence-electron chi connectivity index (χ4n) is 7.58. The molecule has 0 unspecified atom stereocenters. The third-order valence-corrected chi connectivity index (χ3v) is 10.1. The van der Waals surface area contributed by atoms with Gasteiger partial charge in [0.05, 0.1) is 11.4 Å². The van der Waals surface area contributed by atoms with Crippen LogP contribution in [0.4, 0.5) is 0 Å². The Bertz CT molecular complexity index is 2490. The number of benzene rings is 7. The smallest absolute Gasteiger partial charge is 0.160 e. The van der Waals surface area contributed by atoms with Crippen LogP contribution in [0.15, 0.2) is 170 Å². The molecule has 9 rings (SSSR count). The molecule has 1 aromatic heterocycles. The van der Waals surface area contributed by atoms with Crippen LogP contribution < -0.4 is 0 Å². The predicted octanol–water partition coefficient (Wildman–Crippen LogP) is 12.3. The van der Waals surface area contributed by atoms with Gasteiger partial charge in [0.2, 0.25) is 0 Å². The molecule has 0 atom stereocenters. The molecule has 0 aliphatic heterocycles. The Morgan fingerprint density at radius 2 is 0.878 bits per heavy atom. The van der Waals surface area contributed by atoms with E-state index >= 15 is 0 Å². The summed E-state index contributed by atoms with van der Waals surface area (Å²) in [4.78, 5) is 10.3. The molecule has 232 valence electrons. The molecular formula is C47H34N2. The van der Waals surface area contributed by atoms with E-state index < -0.39 is 0 Å². The number of nitrogens with zero attached hydrogens (tertiary/aromatic N) is 2. The Morgan fingerprint density at radius 1 is 0.347 bits per heavy atom. The summed E-state index contributed by atoms with van der Waals surface area (Å²) in [7, 11) is 0. The minimum Gasteiger partial charge on any atom is -0.228 e. The van der Waals surface area contributed by atoms with Crippen molar-refractivity contribution in [1.29, 1.82) is 0 Å². The first kappa shape index (κ1) is 29.1. The van der Waals surface area contributed by atoms with Gasteiger partial charge in [0.15, 0.2) is 5.82 Å². The Morgan fingerprint density at radius 3 is 1.63 bits per heavy atom. The molecule has 0 N–H and O–H groups in total. The van der Waals surface area contributed by atoms with E-state index in [4.69, 9.17) is 9.97 Å². The molecule has 49 heavy (non-hydrogen) atoms. The third kappa shape index (κ3) is 4.96. The first-order valence-electron chi connectivity index (χ1n) is 16.9. The van der Waals surface area contributed by atoms with Gasteiger partial charge in [0, 0.05) is 22.1 Å². The van der Waals surface area contributed by atoms with Crippen LogP contribution in [0.5, 0.6) is 0 Å². The normalized spacial score (nSPS) is 12.9. The van der Waals surface area contributed by atoms with E-state index in [0.29, 0.717) is 5.82 Å². The van der Waals surface area contributed by atoms with Crippen LogP contribution in [0.2, 0.25) is 0 Å². The molecule has 2 heteroatoms. The molecule has 0 saturated carbocycles. The zero-order chi connectivity index (χ0) is 33.0. The van der Waals surface area contributed by atoms with Crippen LogP contribution in [0.1, 0.15) is 25.0 Å². The molecule has 0 spiro atoms. The van der Waals surface area contributed by atoms with Crippen molar-refractivity contribution in [2.45, 2.75) is 19.3 Å². The molecular weight excluding hydrogens is 593 g/mol. The number of hydrogen-bond donors (Lipinski definition) is 0. The first-order valence-corrected chi connectivity index (χ1v) is 16.9. The molecule has 0 saturated heterocycles. The maximum Gasteiger partial charge on any atom is 0.160 e. The summed E-state index contributed by atoms with van der Waals surface area (Å²) in [5.74, 6) is 0.716. The molecule has 0 radical (unpaired) electrons. The summed E-state index contributed by atoms with van der Waals surface area (Å²) < 4.78 is 0. The first-order chi connectivity index (χ1) is 24.0. The number of aromatic nitrogens is 2. The highest BCUT2D eigenvalue weighted by atomic mass is 14.9. The van der Waals surface area contributed by atoms with Gasteiger partial charge in [0.1, 0.15) is 0 Å². The molecule has 2 nitrogen and oxygen atoms in total. The van der Waals surface area contributed by atoms with Crippen molar-refractivity contribution in [2.75, 3.05) is 0 Å². The van der Waals surface area contributed by atoms with Crippen molar-refractivity contribution in [2.24, 2.45) is 0 Å². The molecule has 1 aliphatic rings. The largest absolute Gasteiger partial charge is 0.228 e. The van der Waals surface area contributed by atoms with Gasteiger partial charge in [0.25, 0.3) is 0 Å². The van der Waals surface area contributed by atoms with E-state index in [0.717, 1.165) is 28.1 Å². The fourth-order valence-corrected chi connectivity index (χ4v) is 7.58. The highest BCUT2D eigenvalue weighted by Crippen LogP contribution is 2.50. The van der Waals surface area contributed by atoms with Crippen molar-refractivity contribution >= 4 is 10.8 Å². The molecule has 7 aromatic carbocycles. The second-order valence-corrected chi connectivity index (χ2v) is 13.4. The van der Waals surface area contributed by atoms with E-state index in [1.807, 2.05) is 24.3 Å². The van der Waals surface area contributed by atoms with Gasteiger partial charge in [-0.15, -0.1) is 0 Å². The summed E-state index contributed by atoms with van der Waals surface area (Å²) in [6.45, 7) is 4.66. The minimum atomic E-state index is -0.0145. The zero-order valence-corrected chi connectivity index (χ0v) is 27.6. The summed E-state index contributed by atoms with van der Waals surface area (Å²) in [5, 5.41) is 2.38. The standard InChI is InChI=1S/C47H34N2/c1-47(2)42-20-12-11-19-39(42)41-29-35(25-28-43(41)47)36-26-27-40(38-18-10-9-17-37(36)38)45-30-44(48-46(49-45)34-15-7-4-8-16-34)33-23-21-32(22-24-33)31-13-5-3-6-14-31/h3-30H,1-2H3. The van der Waals surface area contributed by atoms with E-state index in [1.54, 1.807) is 0 Å². The molecule has 8 aromatic rings. The molecule has 1 heterocycles.